The molecule has 0 heterocycles. The lowest BCUT2D eigenvalue weighted by molar-refractivity contribution is -0.131. The van der Waals surface area contributed by atoms with E-state index in [4.69, 9.17) is 5.11 Å². The van der Waals surface area contributed by atoms with Crippen molar-refractivity contribution in [3.63, 3.8) is 0 Å². The second kappa shape index (κ2) is 6.14. The molecule has 2 N–H and O–H groups in total. The molecule has 0 saturated heterocycles. The summed E-state index contributed by atoms with van der Waals surface area (Å²) in [6, 6.07) is 3.86. The lowest BCUT2D eigenvalue weighted by Gasteiger charge is -2.28. The van der Waals surface area contributed by atoms with Gasteiger partial charge in [-0.3, -0.25) is 0 Å². The Morgan fingerprint density at radius 3 is 1.81 bits per heavy atom. The predicted molar refractivity (Wildman–Crippen MR) is 88.1 cm³/mol. The van der Waals surface area contributed by atoms with Crippen LogP contribution in [0.3, 0.4) is 0 Å². The second-order valence-electron chi connectivity index (χ2n) is 7.13. The van der Waals surface area contributed by atoms with Gasteiger partial charge in [0.25, 0.3) is 0 Å². The molecule has 0 unspecified atom stereocenters. The van der Waals surface area contributed by atoms with Gasteiger partial charge in [0, 0.05) is 22.1 Å². The molecule has 0 saturated carbocycles. The Morgan fingerprint density at radius 2 is 1.48 bits per heavy atom. The van der Waals surface area contributed by atoms with E-state index in [1.54, 1.807) is 5.41 Å². The van der Waals surface area contributed by atoms with E-state index in [0.29, 0.717) is 5.75 Å². The molecule has 0 bridgehead atoms. The molecule has 1 rings (SSSR count). The van der Waals surface area contributed by atoms with Crippen LogP contribution in [0.1, 0.15) is 52.7 Å². The van der Waals surface area contributed by atoms with Crippen LogP contribution in [-0.2, 0) is 15.6 Å². The molecule has 0 aliphatic carbocycles. The number of thioether (sulfide) groups is 1. The molecule has 1 aromatic carbocycles. The molecule has 0 aromatic heterocycles. The summed E-state index contributed by atoms with van der Waals surface area (Å²) >= 11 is 1.35. The van der Waals surface area contributed by atoms with Gasteiger partial charge in [0.2, 0.25) is 0 Å². The largest absolute Gasteiger partial charge is 0.507 e. The molecule has 0 aliphatic rings. The number of hydrogen-bond acceptors (Lipinski definition) is 3. The lowest BCUT2D eigenvalue weighted by atomic mass is 9.79. The second-order valence-corrected chi connectivity index (χ2v) is 8.11. The topological polar surface area (TPSA) is 57.5 Å². The van der Waals surface area contributed by atoms with Crippen LogP contribution in [-0.4, -0.2) is 16.2 Å². The molecule has 1 aromatic rings. The summed E-state index contributed by atoms with van der Waals surface area (Å²) < 4.78 is 0. The van der Waals surface area contributed by atoms with Gasteiger partial charge in [0.15, 0.2) is 0 Å². The number of carboxylic acids is 1. The Labute approximate surface area is 131 Å². The highest BCUT2D eigenvalue weighted by Crippen LogP contribution is 2.41. The van der Waals surface area contributed by atoms with Crippen molar-refractivity contribution >= 4 is 17.7 Å². The predicted octanol–water partition coefficient (Wildman–Crippen LogP) is 4.68. The van der Waals surface area contributed by atoms with Crippen LogP contribution in [0.2, 0.25) is 0 Å². The number of rotatable bonds is 3. The zero-order valence-electron chi connectivity index (χ0n) is 13.5. The number of carboxylic acid groups (broad SMARTS) is 1. The summed E-state index contributed by atoms with van der Waals surface area (Å²) in [6.07, 6.45) is 1.12. The summed E-state index contributed by atoms with van der Waals surface area (Å²) in [5.74, 6) is -0.630. The van der Waals surface area contributed by atoms with Crippen molar-refractivity contribution in [2.24, 2.45) is 0 Å². The minimum atomic E-state index is -0.964. The molecule has 4 heteroatoms. The van der Waals surface area contributed by atoms with Gasteiger partial charge in [-0.15, -0.1) is 0 Å². The van der Waals surface area contributed by atoms with Crippen LogP contribution in [0.15, 0.2) is 28.5 Å². The van der Waals surface area contributed by atoms with E-state index in [1.165, 1.54) is 11.8 Å². The van der Waals surface area contributed by atoms with Gasteiger partial charge in [-0.1, -0.05) is 53.3 Å². The van der Waals surface area contributed by atoms with E-state index in [1.807, 2.05) is 12.1 Å². The maximum Gasteiger partial charge on any atom is 0.328 e. The first kappa shape index (κ1) is 17.6. The molecule has 0 fully saturated rings. The van der Waals surface area contributed by atoms with Crippen molar-refractivity contribution < 1.29 is 15.0 Å². The van der Waals surface area contributed by atoms with Crippen LogP contribution in [0.5, 0.6) is 5.75 Å². The normalized spacial score (nSPS) is 12.9. The lowest BCUT2D eigenvalue weighted by Crippen LogP contribution is -2.17. The third-order valence-corrected chi connectivity index (χ3v) is 3.89. The number of phenols is 1. The van der Waals surface area contributed by atoms with Gasteiger partial charge < -0.3 is 10.2 Å². The van der Waals surface area contributed by atoms with Crippen molar-refractivity contribution in [3.05, 3.63) is 34.7 Å². The minimum absolute atomic E-state index is 0.183. The zero-order valence-corrected chi connectivity index (χ0v) is 14.3. The Kier molecular flexibility index (Phi) is 5.16. The van der Waals surface area contributed by atoms with Crippen molar-refractivity contribution in [3.8, 4) is 5.75 Å². The molecule has 0 atom stereocenters. The highest BCUT2D eigenvalue weighted by molar-refractivity contribution is 8.02. The molecule has 3 nitrogen and oxygen atoms in total. The molecule has 21 heavy (non-hydrogen) atoms. The summed E-state index contributed by atoms with van der Waals surface area (Å²) in [5.41, 5.74) is 1.39. The van der Waals surface area contributed by atoms with Crippen molar-refractivity contribution in [1.29, 1.82) is 0 Å². The fourth-order valence-electron chi connectivity index (χ4n) is 1.99. The Morgan fingerprint density at radius 1 is 1.05 bits per heavy atom. The number of carbonyl (C=O) groups is 1. The van der Waals surface area contributed by atoms with E-state index >= 15 is 0 Å². The number of phenolic OH excluding ortho intramolecular Hbond substituents is 1. The number of hydrogen-bond donors (Lipinski definition) is 2. The molecule has 0 radical (unpaired) electrons. The standard InChI is InChI=1S/C17H24O3S/c1-16(2,3)12-9-11(21-8-7-14(18)19)10-13(15(12)20)17(4,5)6/h7-10,20H,1-6H3,(H,18,19). The quantitative estimate of drug-likeness (QED) is 0.629. The summed E-state index contributed by atoms with van der Waals surface area (Å²) in [6.45, 7) is 12.3. The van der Waals surface area contributed by atoms with Crippen LogP contribution in [0.4, 0.5) is 0 Å². The number of aromatic hydroxyl groups is 1. The number of aliphatic carboxylic acids is 1. The van der Waals surface area contributed by atoms with Crippen LogP contribution in [0, 0.1) is 0 Å². The van der Waals surface area contributed by atoms with Crippen LogP contribution < -0.4 is 0 Å². The van der Waals surface area contributed by atoms with Crippen molar-refractivity contribution in [1.82, 2.24) is 0 Å². The smallest absolute Gasteiger partial charge is 0.328 e. The minimum Gasteiger partial charge on any atom is -0.507 e. The maximum atomic E-state index is 10.6. The summed E-state index contributed by atoms with van der Waals surface area (Å²) in [7, 11) is 0. The first-order chi connectivity index (χ1) is 9.43. The summed E-state index contributed by atoms with van der Waals surface area (Å²) in [4.78, 5) is 11.5. The van der Waals surface area contributed by atoms with Gasteiger partial charge >= 0.3 is 5.97 Å². The average molecular weight is 308 g/mol. The third kappa shape index (κ3) is 4.81. The summed E-state index contributed by atoms with van der Waals surface area (Å²) in [5, 5.41) is 20.8. The van der Waals surface area contributed by atoms with E-state index in [2.05, 4.69) is 41.5 Å². The van der Waals surface area contributed by atoms with Gasteiger partial charge in [0.05, 0.1) is 0 Å². The molecular formula is C17H24O3S. The third-order valence-electron chi connectivity index (χ3n) is 3.11. The molecule has 0 aliphatic heterocycles. The SMILES string of the molecule is CC(C)(C)c1cc(SC=CC(=O)O)cc(C(C)(C)C)c1O. The Balaban J connectivity index is 3.37. The average Bonchev–Trinajstić information content (AvgIpc) is 2.27. The molecule has 0 amide bonds. The Bertz CT molecular complexity index is 525. The monoisotopic (exact) mass is 308 g/mol. The maximum absolute atomic E-state index is 10.6. The van der Waals surface area contributed by atoms with Gasteiger partial charge in [0.1, 0.15) is 5.75 Å². The zero-order chi connectivity index (χ0) is 16.4. The molecule has 0 spiro atoms. The van der Waals surface area contributed by atoms with Gasteiger partial charge in [-0.25, -0.2) is 4.79 Å². The van der Waals surface area contributed by atoms with E-state index in [9.17, 15) is 9.90 Å². The highest BCUT2D eigenvalue weighted by Gasteiger charge is 2.26. The van der Waals surface area contributed by atoms with Crippen LogP contribution in [0.25, 0.3) is 0 Å². The van der Waals surface area contributed by atoms with Crippen molar-refractivity contribution in [2.45, 2.75) is 57.3 Å². The van der Waals surface area contributed by atoms with E-state index < -0.39 is 5.97 Å². The molecular weight excluding hydrogens is 284 g/mol. The van der Waals surface area contributed by atoms with Crippen molar-refractivity contribution in [2.75, 3.05) is 0 Å². The van der Waals surface area contributed by atoms with Gasteiger partial charge in [-0.05, 0) is 28.4 Å². The van der Waals surface area contributed by atoms with E-state index in [-0.39, 0.29) is 10.8 Å². The first-order valence-electron chi connectivity index (χ1n) is 6.87. The fourth-order valence-corrected chi connectivity index (χ4v) is 2.70. The number of benzene rings is 1. The van der Waals surface area contributed by atoms with Gasteiger partial charge in [-0.2, -0.15) is 0 Å². The van der Waals surface area contributed by atoms with Crippen LogP contribution >= 0.6 is 11.8 Å². The first-order valence-corrected chi connectivity index (χ1v) is 7.75. The van der Waals surface area contributed by atoms with E-state index in [0.717, 1.165) is 22.1 Å². The highest BCUT2D eigenvalue weighted by atomic mass is 32.2. The Hall–Kier alpha value is -1.42. The fraction of sp³-hybridized carbons (Fsp3) is 0.471. The molecule has 116 valence electrons.